The van der Waals surface area contributed by atoms with Crippen LogP contribution in [0, 0.1) is 0 Å². The maximum Gasteiger partial charge on any atom is 0.165 e. The molecule has 5 nitrogen and oxygen atoms in total. The Hall–Kier alpha value is -1.92. The molecule has 3 aromatic heterocycles. The Labute approximate surface area is 126 Å². The van der Waals surface area contributed by atoms with Gasteiger partial charge in [0.05, 0.1) is 12.3 Å². The van der Waals surface area contributed by atoms with Crippen molar-refractivity contribution in [3.63, 3.8) is 0 Å². The van der Waals surface area contributed by atoms with Crippen molar-refractivity contribution in [1.29, 1.82) is 0 Å². The Morgan fingerprint density at radius 3 is 2.86 bits per heavy atom. The van der Waals surface area contributed by atoms with Crippen LogP contribution in [0.4, 0.5) is 5.82 Å². The summed E-state index contributed by atoms with van der Waals surface area (Å²) in [5.41, 5.74) is 3.11. The lowest BCUT2D eigenvalue weighted by atomic mass is 10.1. The lowest BCUT2D eigenvalue weighted by Gasteiger charge is -2.31. The number of piperidine rings is 1. The number of aromatic nitrogens is 3. The summed E-state index contributed by atoms with van der Waals surface area (Å²) in [6, 6.07) is 4.09. The number of aliphatic hydroxyl groups excluding tert-OH is 1. The number of hydrogen-bond acceptors (Lipinski definition) is 5. The molecule has 0 amide bonds. The van der Waals surface area contributed by atoms with E-state index >= 15 is 0 Å². The summed E-state index contributed by atoms with van der Waals surface area (Å²) in [6.45, 7) is 1.71. The van der Waals surface area contributed by atoms with Crippen molar-refractivity contribution in [3.8, 4) is 11.1 Å². The molecular weight excluding hydrogens is 284 g/mol. The van der Waals surface area contributed by atoms with Gasteiger partial charge in [0.2, 0.25) is 0 Å². The minimum absolute atomic E-state index is 0.169. The van der Waals surface area contributed by atoms with Crippen molar-refractivity contribution < 1.29 is 5.11 Å². The van der Waals surface area contributed by atoms with E-state index in [0.717, 1.165) is 48.5 Å². The zero-order valence-corrected chi connectivity index (χ0v) is 12.3. The number of rotatable bonds is 2. The Morgan fingerprint density at radius 2 is 2.10 bits per heavy atom. The standard InChI is InChI=1S/C15H16N4OS/c20-12-2-6-18(7-3-12)14-1-5-16-15-13(9-17-19(14)15)11-4-8-21-10-11/h1,4-5,8-10,12,20H,2-3,6-7H2. The first-order valence-corrected chi connectivity index (χ1v) is 8.05. The first-order valence-electron chi connectivity index (χ1n) is 7.11. The number of anilines is 1. The van der Waals surface area contributed by atoms with Gasteiger partial charge >= 0.3 is 0 Å². The van der Waals surface area contributed by atoms with Crippen LogP contribution in [0.3, 0.4) is 0 Å². The summed E-state index contributed by atoms with van der Waals surface area (Å²) in [4.78, 5) is 6.77. The number of hydrogen-bond donors (Lipinski definition) is 1. The molecule has 1 aliphatic heterocycles. The second kappa shape index (κ2) is 5.13. The highest BCUT2D eigenvalue weighted by Crippen LogP contribution is 2.28. The highest BCUT2D eigenvalue weighted by atomic mass is 32.1. The average Bonchev–Trinajstić information content (AvgIpc) is 3.16. The lowest BCUT2D eigenvalue weighted by Crippen LogP contribution is -2.36. The normalized spacial score (nSPS) is 16.7. The van der Waals surface area contributed by atoms with E-state index in [1.807, 2.05) is 23.0 Å². The van der Waals surface area contributed by atoms with Crippen molar-refractivity contribution in [2.45, 2.75) is 18.9 Å². The number of fused-ring (bicyclic) bond motifs is 1. The zero-order valence-electron chi connectivity index (χ0n) is 11.5. The average molecular weight is 300 g/mol. The van der Waals surface area contributed by atoms with Crippen molar-refractivity contribution in [2.24, 2.45) is 0 Å². The van der Waals surface area contributed by atoms with E-state index in [-0.39, 0.29) is 6.10 Å². The van der Waals surface area contributed by atoms with Crippen LogP contribution in [0.25, 0.3) is 16.8 Å². The summed E-state index contributed by atoms with van der Waals surface area (Å²) in [7, 11) is 0. The second-order valence-electron chi connectivity index (χ2n) is 5.33. The molecule has 0 atom stereocenters. The summed E-state index contributed by atoms with van der Waals surface area (Å²) < 4.78 is 1.91. The van der Waals surface area contributed by atoms with Crippen molar-refractivity contribution in [1.82, 2.24) is 14.6 Å². The third-order valence-corrected chi connectivity index (χ3v) is 4.69. The van der Waals surface area contributed by atoms with Crippen LogP contribution < -0.4 is 4.90 Å². The van der Waals surface area contributed by atoms with Gasteiger partial charge in [-0.05, 0) is 41.3 Å². The molecule has 3 aromatic rings. The van der Waals surface area contributed by atoms with E-state index in [1.165, 1.54) is 0 Å². The molecule has 0 bridgehead atoms. The van der Waals surface area contributed by atoms with Gasteiger partial charge in [-0.25, -0.2) is 4.98 Å². The summed E-state index contributed by atoms with van der Waals surface area (Å²) in [5, 5.41) is 18.4. The molecule has 1 saturated heterocycles. The first-order chi connectivity index (χ1) is 10.3. The molecule has 21 heavy (non-hydrogen) atoms. The molecule has 0 saturated carbocycles. The minimum atomic E-state index is -0.169. The Bertz CT molecular complexity index is 744. The van der Waals surface area contributed by atoms with Gasteiger partial charge in [0.15, 0.2) is 5.65 Å². The molecule has 0 spiro atoms. The van der Waals surface area contributed by atoms with Crippen molar-refractivity contribution in [2.75, 3.05) is 18.0 Å². The topological polar surface area (TPSA) is 53.7 Å². The van der Waals surface area contributed by atoms with E-state index < -0.39 is 0 Å². The molecule has 1 N–H and O–H groups in total. The monoisotopic (exact) mass is 300 g/mol. The third kappa shape index (κ3) is 2.20. The SMILES string of the molecule is OC1CCN(c2ccnc3c(-c4ccsc4)cnn23)CC1. The predicted molar refractivity (Wildman–Crippen MR) is 83.8 cm³/mol. The fourth-order valence-corrected chi connectivity index (χ4v) is 3.49. The van der Waals surface area contributed by atoms with E-state index in [9.17, 15) is 5.11 Å². The molecule has 1 aliphatic rings. The van der Waals surface area contributed by atoms with Crippen LogP contribution in [0.2, 0.25) is 0 Å². The van der Waals surface area contributed by atoms with Gasteiger partial charge in [0.1, 0.15) is 5.82 Å². The predicted octanol–water partition coefficient (Wildman–Crippen LogP) is 2.42. The largest absolute Gasteiger partial charge is 0.393 e. The van der Waals surface area contributed by atoms with Crippen LogP contribution in [0.1, 0.15) is 12.8 Å². The van der Waals surface area contributed by atoms with Gasteiger partial charge in [-0.15, -0.1) is 0 Å². The molecule has 1 fully saturated rings. The maximum atomic E-state index is 9.66. The first kappa shape index (κ1) is 12.8. The molecule has 0 aromatic carbocycles. The third-order valence-electron chi connectivity index (χ3n) is 4.00. The number of nitrogens with zero attached hydrogens (tertiary/aromatic N) is 4. The molecule has 0 radical (unpaired) electrons. The Morgan fingerprint density at radius 1 is 1.24 bits per heavy atom. The molecular formula is C15H16N4OS. The molecule has 0 aliphatic carbocycles. The van der Waals surface area contributed by atoms with E-state index in [0.29, 0.717) is 0 Å². The van der Waals surface area contributed by atoms with Crippen molar-refractivity contribution >= 4 is 22.8 Å². The van der Waals surface area contributed by atoms with Gasteiger partial charge in [-0.2, -0.15) is 21.0 Å². The highest BCUT2D eigenvalue weighted by molar-refractivity contribution is 7.08. The maximum absolute atomic E-state index is 9.66. The molecule has 6 heteroatoms. The van der Waals surface area contributed by atoms with Crippen LogP contribution in [0.15, 0.2) is 35.3 Å². The Balaban J connectivity index is 1.77. The summed E-state index contributed by atoms with van der Waals surface area (Å²) in [5.74, 6) is 1.05. The van der Waals surface area contributed by atoms with Crippen LogP contribution >= 0.6 is 11.3 Å². The van der Waals surface area contributed by atoms with Gasteiger partial charge in [0.25, 0.3) is 0 Å². The highest BCUT2D eigenvalue weighted by Gasteiger charge is 2.20. The van der Waals surface area contributed by atoms with Gasteiger partial charge < -0.3 is 10.0 Å². The van der Waals surface area contributed by atoms with Crippen LogP contribution in [-0.2, 0) is 0 Å². The fourth-order valence-electron chi connectivity index (χ4n) is 2.83. The van der Waals surface area contributed by atoms with Gasteiger partial charge in [0, 0.05) is 24.8 Å². The molecule has 4 heterocycles. The molecule has 4 rings (SSSR count). The number of aliphatic hydroxyl groups is 1. The van der Waals surface area contributed by atoms with Crippen molar-refractivity contribution in [3.05, 3.63) is 35.3 Å². The molecule has 108 valence electrons. The van der Waals surface area contributed by atoms with E-state index in [1.54, 1.807) is 11.3 Å². The van der Waals surface area contributed by atoms with Crippen LogP contribution in [0.5, 0.6) is 0 Å². The summed E-state index contributed by atoms with van der Waals surface area (Å²) in [6.07, 6.45) is 5.17. The second-order valence-corrected chi connectivity index (χ2v) is 6.11. The number of thiophene rings is 1. The Kier molecular flexibility index (Phi) is 3.12. The smallest absolute Gasteiger partial charge is 0.165 e. The minimum Gasteiger partial charge on any atom is -0.393 e. The summed E-state index contributed by atoms with van der Waals surface area (Å²) >= 11 is 1.68. The quantitative estimate of drug-likeness (QED) is 0.789. The van der Waals surface area contributed by atoms with Gasteiger partial charge in [-0.1, -0.05) is 0 Å². The zero-order chi connectivity index (χ0) is 14.2. The van der Waals surface area contributed by atoms with Gasteiger partial charge in [-0.3, -0.25) is 0 Å². The van der Waals surface area contributed by atoms with Crippen LogP contribution in [-0.4, -0.2) is 38.9 Å². The van der Waals surface area contributed by atoms with E-state index in [2.05, 4.69) is 31.8 Å². The lowest BCUT2D eigenvalue weighted by molar-refractivity contribution is 0.145. The van der Waals surface area contributed by atoms with E-state index in [4.69, 9.17) is 0 Å². The molecule has 0 unspecified atom stereocenters. The fraction of sp³-hybridized carbons (Fsp3) is 0.333.